The molecule has 0 saturated carbocycles. The number of aliphatic hydroxyl groups is 2. The first-order valence-electron chi connectivity index (χ1n) is 6.19. The molecule has 1 aromatic rings. The van der Waals surface area contributed by atoms with Crippen molar-refractivity contribution in [2.45, 2.75) is 32.9 Å². The van der Waals surface area contributed by atoms with Gasteiger partial charge in [0.1, 0.15) is 0 Å². The molecule has 0 bridgehead atoms. The Labute approximate surface area is 113 Å². The first-order valence-corrected chi connectivity index (χ1v) is 7.07. The monoisotopic (exact) mass is 267 g/mol. The minimum atomic E-state index is 0.113. The van der Waals surface area contributed by atoms with Crippen LogP contribution < -0.4 is 0 Å². The Balaban J connectivity index is 2.60. The van der Waals surface area contributed by atoms with Crippen LogP contribution in [0.4, 0.5) is 0 Å². The number of rotatable bonds is 6. The van der Waals surface area contributed by atoms with E-state index in [1.54, 1.807) is 11.3 Å². The zero-order chi connectivity index (χ0) is 13.4. The predicted molar refractivity (Wildman–Crippen MR) is 75.5 cm³/mol. The van der Waals surface area contributed by atoms with E-state index in [1.165, 1.54) is 4.88 Å². The second-order valence-corrected chi connectivity index (χ2v) is 5.36. The van der Waals surface area contributed by atoms with Gasteiger partial charge in [-0.05, 0) is 19.9 Å². The molecule has 0 aliphatic heterocycles. The van der Waals surface area contributed by atoms with Gasteiger partial charge in [-0.1, -0.05) is 11.8 Å². The fraction of sp³-hybridized carbons (Fsp3) is 0.571. The van der Waals surface area contributed by atoms with E-state index < -0.39 is 0 Å². The van der Waals surface area contributed by atoms with Crippen molar-refractivity contribution in [3.63, 3.8) is 0 Å². The van der Waals surface area contributed by atoms with Crippen molar-refractivity contribution in [1.29, 1.82) is 0 Å². The summed E-state index contributed by atoms with van der Waals surface area (Å²) in [5.74, 6) is 5.95. The van der Waals surface area contributed by atoms with Crippen molar-refractivity contribution in [2.24, 2.45) is 0 Å². The minimum Gasteiger partial charge on any atom is -0.395 e. The Hall–Kier alpha value is -0.860. The molecule has 1 heterocycles. The van der Waals surface area contributed by atoms with Crippen LogP contribution in [0.1, 0.15) is 30.7 Å². The number of hydrogen-bond acceptors (Lipinski definition) is 4. The largest absolute Gasteiger partial charge is 0.395 e. The minimum absolute atomic E-state index is 0.113. The van der Waals surface area contributed by atoms with Crippen LogP contribution in [0.2, 0.25) is 0 Å². The topological polar surface area (TPSA) is 43.7 Å². The Morgan fingerprint density at radius 3 is 2.72 bits per heavy atom. The van der Waals surface area contributed by atoms with Gasteiger partial charge in [-0.3, -0.25) is 4.90 Å². The van der Waals surface area contributed by atoms with Gasteiger partial charge in [0.25, 0.3) is 0 Å². The summed E-state index contributed by atoms with van der Waals surface area (Å²) in [6.07, 6.45) is 0.522. The van der Waals surface area contributed by atoms with Crippen LogP contribution in [-0.4, -0.2) is 40.9 Å². The van der Waals surface area contributed by atoms with E-state index in [1.807, 2.05) is 5.38 Å². The van der Waals surface area contributed by atoms with Crippen molar-refractivity contribution in [3.8, 4) is 11.8 Å². The van der Waals surface area contributed by atoms with Crippen LogP contribution in [0.5, 0.6) is 0 Å². The van der Waals surface area contributed by atoms with Gasteiger partial charge in [-0.2, -0.15) is 0 Å². The van der Waals surface area contributed by atoms with Gasteiger partial charge in [0.15, 0.2) is 0 Å². The molecular weight excluding hydrogens is 246 g/mol. The molecule has 0 aliphatic carbocycles. The van der Waals surface area contributed by atoms with Crippen molar-refractivity contribution < 1.29 is 10.2 Å². The molecule has 3 nitrogen and oxygen atoms in total. The van der Waals surface area contributed by atoms with Crippen LogP contribution in [0.15, 0.2) is 11.4 Å². The summed E-state index contributed by atoms with van der Waals surface area (Å²) in [4.78, 5) is 3.49. The Morgan fingerprint density at radius 1 is 1.33 bits per heavy atom. The van der Waals surface area contributed by atoms with Gasteiger partial charge in [0, 0.05) is 41.4 Å². The molecule has 0 atom stereocenters. The summed E-state index contributed by atoms with van der Waals surface area (Å²) >= 11 is 1.69. The highest BCUT2D eigenvalue weighted by atomic mass is 32.1. The predicted octanol–water partition coefficient (Wildman–Crippen LogP) is 1.68. The Morgan fingerprint density at radius 2 is 2.11 bits per heavy atom. The Bertz CT molecular complexity index is 403. The average molecular weight is 267 g/mol. The molecule has 18 heavy (non-hydrogen) atoms. The molecule has 0 unspecified atom stereocenters. The van der Waals surface area contributed by atoms with Gasteiger partial charge >= 0.3 is 0 Å². The highest BCUT2D eigenvalue weighted by molar-refractivity contribution is 7.10. The first kappa shape index (κ1) is 15.2. The summed E-state index contributed by atoms with van der Waals surface area (Å²) in [7, 11) is 0. The molecule has 0 radical (unpaired) electrons. The molecule has 0 spiro atoms. The van der Waals surface area contributed by atoms with E-state index in [0.29, 0.717) is 19.0 Å². The van der Waals surface area contributed by atoms with Gasteiger partial charge in [0.05, 0.1) is 13.2 Å². The molecule has 4 heteroatoms. The van der Waals surface area contributed by atoms with E-state index in [0.717, 1.165) is 12.1 Å². The molecule has 0 saturated heterocycles. The van der Waals surface area contributed by atoms with Crippen LogP contribution in [0.3, 0.4) is 0 Å². The highest BCUT2D eigenvalue weighted by Gasteiger charge is 2.10. The lowest BCUT2D eigenvalue weighted by Crippen LogP contribution is -2.32. The highest BCUT2D eigenvalue weighted by Crippen LogP contribution is 2.17. The van der Waals surface area contributed by atoms with E-state index >= 15 is 0 Å². The van der Waals surface area contributed by atoms with Gasteiger partial charge < -0.3 is 10.2 Å². The van der Waals surface area contributed by atoms with Gasteiger partial charge in [-0.15, -0.1) is 11.3 Å². The molecule has 1 rings (SSSR count). The number of aliphatic hydroxyl groups excluding tert-OH is 2. The third kappa shape index (κ3) is 5.19. The fourth-order valence-electron chi connectivity index (χ4n) is 1.60. The van der Waals surface area contributed by atoms with Gasteiger partial charge in [0.2, 0.25) is 0 Å². The van der Waals surface area contributed by atoms with Crippen molar-refractivity contribution in [3.05, 3.63) is 21.9 Å². The maximum absolute atomic E-state index is 9.03. The van der Waals surface area contributed by atoms with Crippen LogP contribution >= 0.6 is 11.3 Å². The molecule has 0 aromatic carbocycles. The maximum atomic E-state index is 9.03. The SMILES string of the molecule is CC(C)N(CCO)Cc1cc(C#CCCO)cs1. The van der Waals surface area contributed by atoms with Crippen molar-refractivity contribution in [1.82, 2.24) is 4.90 Å². The maximum Gasteiger partial charge on any atom is 0.0558 e. The molecule has 100 valence electrons. The summed E-state index contributed by atoms with van der Waals surface area (Å²) in [5, 5.41) is 19.7. The molecule has 2 N–H and O–H groups in total. The molecule has 0 aliphatic rings. The second kappa shape index (κ2) is 8.28. The van der Waals surface area contributed by atoms with Crippen LogP contribution in [0, 0.1) is 11.8 Å². The zero-order valence-corrected chi connectivity index (χ0v) is 11.8. The quantitative estimate of drug-likeness (QED) is 0.771. The lowest BCUT2D eigenvalue weighted by Gasteiger charge is -2.24. The summed E-state index contributed by atoms with van der Waals surface area (Å²) in [6.45, 7) is 6.11. The fourth-order valence-corrected chi connectivity index (χ4v) is 2.44. The number of thiophene rings is 1. The lowest BCUT2D eigenvalue weighted by molar-refractivity contribution is 0.160. The van der Waals surface area contributed by atoms with Crippen molar-refractivity contribution in [2.75, 3.05) is 19.8 Å². The first-order chi connectivity index (χ1) is 8.67. The molecule has 0 fully saturated rings. The van der Waals surface area contributed by atoms with Crippen molar-refractivity contribution >= 4 is 11.3 Å². The average Bonchev–Trinajstić information content (AvgIpc) is 2.76. The van der Waals surface area contributed by atoms with E-state index in [2.05, 4.69) is 36.7 Å². The van der Waals surface area contributed by atoms with E-state index in [-0.39, 0.29) is 13.2 Å². The third-order valence-corrected chi connectivity index (χ3v) is 3.52. The summed E-state index contributed by atoms with van der Waals surface area (Å²) in [5.41, 5.74) is 1.01. The zero-order valence-electron chi connectivity index (χ0n) is 11.0. The molecule has 0 amide bonds. The standard InChI is InChI=1S/C14H21NO2S/c1-12(2)15(6-8-17)10-14-9-13(11-18-14)5-3-4-7-16/h9,11-12,16-17H,4,6-8,10H2,1-2H3. The lowest BCUT2D eigenvalue weighted by atomic mass is 10.2. The van der Waals surface area contributed by atoms with E-state index in [4.69, 9.17) is 10.2 Å². The van der Waals surface area contributed by atoms with Crippen LogP contribution in [-0.2, 0) is 6.54 Å². The number of hydrogen-bond donors (Lipinski definition) is 2. The summed E-state index contributed by atoms with van der Waals surface area (Å²) < 4.78 is 0. The number of nitrogens with zero attached hydrogens (tertiary/aromatic N) is 1. The van der Waals surface area contributed by atoms with Gasteiger partial charge in [-0.25, -0.2) is 0 Å². The second-order valence-electron chi connectivity index (χ2n) is 4.36. The normalized spacial score (nSPS) is 10.8. The Kier molecular flexibility index (Phi) is 6.99. The van der Waals surface area contributed by atoms with E-state index in [9.17, 15) is 0 Å². The summed E-state index contributed by atoms with van der Waals surface area (Å²) in [6, 6.07) is 2.50. The molecule has 1 aromatic heterocycles. The smallest absolute Gasteiger partial charge is 0.0558 e. The third-order valence-electron chi connectivity index (χ3n) is 2.60. The van der Waals surface area contributed by atoms with Crippen LogP contribution in [0.25, 0.3) is 0 Å². The molecular formula is C14H21NO2S.